The lowest BCUT2D eigenvalue weighted by molar-refractivity contribution is 0.0957. The Balaban J connectivity index is 2.36. The van der Waals surface area contributed by atoms with Crippen LogP contribution in [0.3, 0.4) is 0 Å². The molecule has 1 N–H and O–H groups in total. The zero-order chi connectivity index (χ0) is 11.3. The van der Waals surface area contributed by atoms with Crippen LogP contribution in [0.15, 0.2) is 15.9 Å². The number of halogens is 2. The summed E-state index contributed by atoms with van der Waals surface area (Å²) < 4.78 is 0.962. The number of nitrogens with one attached hydrogen (secondary N) is 1. The van der Waals surface area contributed by atoms with Gasteiger partial charge < -0.3 is 5.32 Å². The number of hydrogen-bond donors (Lipinski definition) is 1. The van der Waals surface area contributed by atoms with Crippen molar-refractivity contribution in [3.63, 3.8) is 0 Å². The standard InChI is InChI=1S/C10H13BrClNOS/c1-2-3-7(12)6-13-10(14)8-4-5-9(11)15-8/h4-5,7H,2-3,6H2,1H3,(H,13,14). The van der Waals surface area contributed by atoms with Crippen molar-refractivity contribution in [2.45, 2.75) is 25.1 Å². The Morgan fingerprint density at radius 2 is 2.40 bits per heavy atom. The molecule has 0 aliphatic heterocycles. The predicted molar refractivity (Wildman–Crippen MR) is 68.9 cm³/mol. The Hall–Kier alpha value is -0.0600. The van der Waals surface area contributed by atoms with E-state index in [0.29, 0.717) is 11.4 Å². The number of carbonyl (C=O) groups excluding carboxylic acids is 1. The fourth-order valence-corrected chi connectivity index (χ4v) is 2.74. The number of thiophene rings is 1. The van der Waals surface area contributed by atoms with E-state index >= 15 is 0 Å². The highest BCUT2D eigenvalue weighted by atomic mass is 79.9. The summed E-state index contributed by atoms with van der Waals surface area (Å²) in [6, 6.07) is 3.66. The van der Waals surface area contributed by atoms with Gasteiger partial charge in [-0.2, -0.15) is 0 Å². The molecular formula is C10H13BrClNOS. The first kappa shape index (κ1) is 13.0. The minimum Gasteiger partial charge on any atom is -0.350 e. The third-order valence-corrected chi connectivity index (χ3v) is 3.88. The molecule has 0 saturated carbocycles. The fourth-order valence-electron chi connectivity index (χ4n) is 1.14. The summed E-state index contributed by atoms with van der Waals surface area (Å²) in [6.45, 7) is 2.61. The van der Waals surface area contributed by atoms with Gasteiger partial charge >= 0.3 is 0 Å². The van der Waals surface area contributed by atoms with Crippen molar-refractivity contribution in [2.75, 3.05) is 6.54 Å². The molecule has 0 aliphatic carbocycles. The fraction of sp³-hybridized carbons (Fsp3) is 0.500. The Morgan fingerprint density at radius 3 is 2.93 bits per heavy atom. The molecule has 5 heteroatoms. The molecule has 0 radical (unpaired) electrons. The van der Waals surface area contributed by atoms with Crippen LogP contribution in [-0.2, 0) is 0 Å². The van der Waals surface area contributed by atoms with Crippen molar-refractivity contribution >= 4 is 44.8 Å². The highest BCUT2D eigenvalue weighted by Crippen LogP contribution is 2.21. The monoisotopic (exact) mass is 309 g/mol. The molecule has 15 heavy (non-hydrogen) atoms. The van der Waals surface area contributed by atoms with Crippen LogP contribution < -0.4 is 5.32 Å². The van der Waals surface area contributed by atoms with Gasteiger partial charge in [0.1, 0.15) is 0 Å². The van der Waals surface area contributed by atoms with E-state index in [4.69, 9.17) is 11.6 Å². The van der Waals surface area contributed by atoms with Crippen LogP contribution in [-0.4, -0.2) is 17.8 Å². The van der Waals surface area contributed by atoms with Gasteiger partial charge in [-0.3, -0.25) is 4.79 Å². The smallest absolute Gasteiger partial charge is 0.261 e. The topological polar surface area (TPSA) is 29.1 Å². The zero-order valence-electron chi connectivity index (χ0n) is 8.43. The normalized spacial score (nSPS) is 12.5. The van der Waals surface area contributed by atoms with Crippen LogP contribution in [0.2, 0.25) is 0 Å². The molecule has 0 spiro atoms. The largest absolute Gasteiger partial charge is 0.350 e. The first-order valence-corrected chi connectivity index (χ1v) is 6.85. The molecule has 0 bridgehead atoms. The number of rotatable bonds is 5. The van der Waals surface area contributed by atoms with E-state index in [9.17, 15) is 4.79 Å². The van der Waals surface area contributed by atoms with Crippen molar-refractivity contribution in [1.82, 2.24) is 5.32 Å². The minimum atomic E-state index is -0.0487. The lowest BCUT2D eigenvalue weighted by Gasteiger charge is -2.08. The molecule has 1 amide bonds. The summed E-state index contributed by atoms with van der Waals surface area (Å²) in [7, 11) is 0. The van der Waals surface area contributed by atoms with Crippen molar-refractivity contribution < 1.29 is 4.79 Å². The second kappa shape index (κ2) is 6.51. The van der Waals surface area contributed by atoms with E-state index in [1.54, 1.807) is 6.07 Å². The van der Waals surface area contributed by atoms with Crippen LogP contribution >= 0.6 is 38.9 Å². The summed E-state index contributed by atoms with van der Waals surface area (Å²) >= 11 is 10.7. The van der Waals surface area contributed by atoms with Crippen molar-refractivity contribution in [2.24, 2.45) is 0 Å². The molecule has 1 unspecified atom stereocenters. The van der Waals surface area contributed by atoms with E-state index < -0.39 is 0 Å². The van der Waals surface area contributed by atoms with Gasteiger partial charge in [-0.1, -0.05) is 13.3 Å². The maximum atomic E-state index is 11.6. The van der Waals surface area contributed by atoms with Gasteiger partial charge in [0.2, 0.25) is 0 Å². The molecule has 2 nitrogen and oxygen atoms in total. The number of amides is 1. The second-order valence-corrected chi connectivity index (χ2v) is 6.28. The summed E-state index contributed by atoms with van der Waals surface area (Å²) in [4.78, 5) is 12.3. The molecule has 1 rings (SSSR count). The van der Waals surface area contributed by atoms with Gasteiger partial charge in [0.05, 0.1) is 14.0 Å². The predicted octanol–water partition coefficient (Wildman–Crippen LogP) is 3.65. The van der Waals surface area contributed by atoms with Crippen LogP contribution in [0.5, 0.6) is 0 Å². The van der Waals surface area contributed by atoms with Gasteiger partial charge in [0.25, 0.3) is 5.91 Å². The van der Waals surface area contributed by atoms with Gasteiger partial charge in [0.15, 0.2) is 0 Å². The Morgan fingerprint density at radius 1 is 1.67 bits per heavy atom. The summed E-state index contributed by atoms with van der Waals surface area (Å²) in [6.07, 6.45) is 1.96. The molecule has 84 valence electrons. The molecule has 0 saturated heterocycles. The Kier molecular flexibility index (Phi) is 5.64. The average Bonchev–Trinajstić information content (AvgIpc) is 2.62. The Labute approximate surface area is 107 Å². The van der Waals surface area contributed by atoms with E-state index in [-0.39, 0.29) is 11.3 Å². The molecule has 0 aromatic carbocycles. The van der Waals surface area contributed by atoms with Crippen molar-refractivity contribution in [3.05, 3.63) is 20.8 Å². The van der Waals surface area contributed by atoms with Crippen molar-refractivity contribution in [1.29, 1.82) is 0 Å². The molecule has 0 fully saturated rings. The van der Waals surface area contributed by atoms with Crippen LogP contribution in [0.4, 0.5) is 0 Å². The third-order valence-electron chi connectivity index (χ3n) is 1.88. The molecule has 0 aliphatic rings. The lowest BCUT2D eigenvalue weighted by Crippen LogP contribution is -2.29. The first-order chi connectivity index (χ1) is 7.13. The first-order valence-electron chi connectivity index (χ1n) is 4.81. The van der Waals surface area contributed by atoms with Gasteiger partial charge in [-0.25, -0.2) is 0 Å². The maximum absolute atomic E-state index is 11.6. The molecule has 1 heterocycles. The number of hydrogen-bond acceptors (Lipinski definition) is 2. The zero-order valence-corrected chi connectivity index (χ0v) is 11.6. The molecular weight excluding hydrogens is 298 g/mol. The van der Waals surface area contributed by atoms with Crippen LogP contribution in [0.1, 0.15) is 29.4 Å². The average molecular weight is 311 g/mol. The van der Waals surface area contributed by atoms with Crippen LogP contribution in [0, 0.1) is 0 Å². The lowest BCUT2D eigenvalue weighted by atomic mass is 10.2. The van der Waals surface area contributed by atoms with E-state index in [2.05, 4.69) is 28.2 Å². The maximum Gasteiger partial charge on any atom is 0.261 e. The van der Waals surface area contributed by atoms with Gasteiger partial charge in [-0.05, 0) is 34.5 Å². The quantitative estimate of drug-likeness (QED) is 0.826. The molecule has 1 atom stereocenters. The molecule has 1 aromatic rings. The number of carbonyl (C=O) groups is 1. The number of alkyl halides is 1. The molecule has 1 aromatic heterocycles. The highest BCUT2D eigenvalue weighted by molar-refractivity contribution is 9.11. The Bertz CT molecular complexity index is 329. The van der Waals surface area contributed by atoms with Crippen molar-refractivity contribution in [3.8, 4) is 0 Å². The van der Waals surface area contributed by atoms with E-state index in [0.717, 1.165) is 16.6 Å². The second-order valence-electron chi connectivity index (χ2n) is 3.20. The van der Waals surface area contributed by atoms with Gasteiger partial charge in [-0.15, -0.1) is 22.9 Å². The van der Waals surface area contributed by atoms with Gasteiger partial charge in [0, 0.05) is 6.54 Å². The third kappa shape index (κ3) is 4.53. The minimum absolute atomic E-state index is 0.0300. The SMILES string of the molecule is CCCC(Cl)CNC(=O)c1ccc(Br)s1. The summed E-state index contributed by atoms with van der Waals surface area (Å²) in [5, 5.41) is 2.85. The van der Waals surface area contributed by atoms with Crippen LogP contribution in [0.25, 0.3) is 0 Å². The van der Waals surface area contributed by atoms with E-state index in [1.165, 1.54) is 11.3 Å². The summed E-state index contributed by atoms with van der Waals surface area (Å²) in [5.74, 6) is -0.0487. The summed E-state index contributed by atoms with van der Waals surface area (Å²) in [5.41, 5.74) is 0. The van der Waals surface area contributed by atoms with E-state index in [1.807, 2.05) is 6.07 Å². The highest BCUT2D eigenvalue weighted by Gasteiger charge is 2.10.